The number of benzene rings is 2. The van der Waals surface area contributed by atoms with Crippen LogP contribution in [-0.4, -0.2) is 34.3 Å². The van der Waals surface area contributed by atoms with Gasteiger partial charge in [-0.25, -0.2) is 4.98 Å². The Bertz CT molecular complexity index is 961. The Balaban J connectivity index is 1.48. The minimum Gasteiger partial charge on any atom is -0.436 e. The van der Waals surface area contributed by atoms with Gasteiger partial charge in [-0.05, 0) is 55.7 Å². The van der Waals surface area contributed by atoms with Crippen LogP contribution in [0.5, 0.6) is 0 Å². The van der Waals surface area contributed by atoms with Crippen LogP contribution in [0.3, 0.4) is 0 Å². The third-order valence-corrected chi connectivity index (χ3v) is 5.12. The number of nitrogens with zero attached hydrogens (tertiary/aromatic N) is 2. The number of fused-ring (bicyclic) bond motifs is 1. The fourth-order valence-electron chi connectivity index (χ4n) is 3.62. The molecule has 1 fully saturated rings. The molecule has 1 aromatic heterocycles. The number of oxazole rings is 1. The van der Waals surface area contributed by atoms with Crippen molar-refractivity contribution in [2.24, 2.45) is 0 Å². The van der Waals surface area contributed by atoms with Gasteiger partial charge >= 0.3 is 0 Å². The third kappa shape index (κ3) is 3.63. The van der Waals surface area contributed by atoms with Gasteiger partial charge in [0.05, 0.1) is 0 Å². The number of hydrogen-bond acceptors (Lipinski definition) is 4. The van der Waals surface area contributed by atoms with E-state index < -0.39 is 6.04 Å². The molecule has 1 saturated heterocycles. The van der Waals surface area contributed by atoms with Gasteiger partial charge in [0.1, 0.15) is 11.6 Å². The molecule has 1 atom stereocenters. The fourth-order valence-corrected chi connectivity index (χ4v) is 3.62. The first-order valence-electron chi connectivity index (χ1n) is 9.72. The van der Waals surface area contributed by atoms with E-state index >= 15 is 0 Å². The minimum absolute atomic E-state index is 0.0335. The van der Waals surface area contributed by atoms with Crippen LogP contribution in [0, 0.1) is 0 Å². The van der Waals surface area contributed by atoms with E-state index in [4.69, 9.17) is 4.42 Å². The molecule has 0 saturated carbocycles. The van der Waals surface area contributed by atoms with Crippen molar-refractivity contribution in [1.29, 1.82) is 0 Å². The van der Waals surface area contributed by atoms with Crippen LogP contribution in [0.1, 0.15) is 32.6 Å². The maximum absolute atomic E-state index is 12.7. The highest BCUT2D eigenvalue weighted by molar-refractivity contribution is 5.97. The summed E-state index contributed by atoms with van der Waals surface area (Å²) in [4.78, 5) is 31.1. The number of para-hydroxylation sites is 2. The van der Waals surface area contributed by atoms with Crippen LogP contribution in [0.4, 0.5) is 5.69 Å². The summed E-state index contributed by atoms with van der Waals surface area (Å²) >= 11 is 0. The first kappa shape index (κ1) is 18.2. The van der Waals surface area contributed by atoms with E-state index in [9.17, 15) is 9.59 Å². The minimum atomic E-state index is -0.391. The van der Waals surface area contributed by atoms with Gasteiger partial charge in [-0.2, -0.15) is 0 Å². The van der Waals surface area contributed by atoms with Gasteiger partial charge < -0.3 is 14.6 Å². The molecule has 28 heavy (non-hydrogen) atoms. The normalized spacial score (nSPS) is 16.9. The first-order chi connectivity index (χ1) is 13.7. The van der Waals surface area contributed by atoms with Gasteiger partial charge in [-0.1, -0.05) is 19.1 Å². The molecule has 4 rings (SSSR count). The Morgan fingerprint density at radius 1 is 1.14 bits per heavy atom. The third-order valence-electron chi connectivity index (χ3n) is 5.12. The second-order valence-electron chi connectivity index (χ2n) is 7.01. The molecular formula is C22H23N3O3. The Hall–Kier alpha value is -3.15. The molecular weight excluding hydrogens is 354 g/mol. The number of aromatic nitrogens is 1. The lowest BCUT2D eigenvalue weighted by Crippen LogP contribution is -2.49. The van der Waals surface area contributed by atoms with Crippen LogP contribution in [0.25, 0.3) is 22.6 Å². The van der Waals surface area contributed by atoms with E-state index in [-0.39, 0.29) is 11.8 Å². The fraction of sp³-hybridized carbons (Fsp3) is 0.318. The maximum atomic E-state index is 12.7. The largest absolute Gasteiger partial charge is 0.436 e. The van der Waals surface area contributed by atoms with Gasteiger partial charge in [0, 0.05) is 24.2 Å². The van der Waals surface area contributed by atoms with Crippen LogP contribution in [0.15, 0.2) is 52.9 Å². The zero-order chi connectivity index (χ0) is 19.5. The van der Waals surface area contributed by atoms with Gasteiger partial charge in [-0.15, -0.1) is 0 Å². The summed E-state index contributed by atoms with van der Waals surface area (Å²) in [5.74, 6) is 0.452. The Labute approximate surface area is 163 Å². The topological polar surface area (TPSA) is 75.4 Å². The number of carbonyl (C=O) groups excluding carboxylic acids is 2. The Morgan fingerprint density at radius 3 is 2.68 bits per heavy atom. The zero-order valence-electron chi connectivity index (χ0n) is 15.9. The van der Waals surface area contributed by atoms with E-state index in [1.807, 2.05) is 55.5 Å². The molecule has 0 bridgehead atoms. The summed E-state index contributed by atoms with van der Waals surface area (Å²) in [6.07, 6.45) is 3.04. The van der Waals surface area contributed by atoms with Gasteiger partial charge in [0.25, 0.3) is 0 Å². The Kier molecular flexibility index (Phi) is 5.10. The number of rotatable bonds is 4. The number of piperidine rings is 1. The SMILES string of the molecule is CCC(=O)N1CCCC[C@H]1C(=O)Nc1ccc(-c2nc3ccccc3o2)cc1. The van der Waals surface area contributed by atoms with Crippen molar-refractivity contribution < 1.29 is 14.0 Å². The molecule has 2 amide bonds. The van der Waals surface area contributed by atoms with E-state index in [1.54, 1.807) is 4.90 Å². The molecule has 2 heterocycles. The summed E-state index contributed by atoms with van der Waals surface area (Å²) < 4.78 is 5.78. The second-order valence-corrected chi connectivity index (χ2v) is 7.01. The molecule has 0 spiro atoms. The molecule has 2 aromatic carbocycles. The lowest BCUT2D eigenvalue weighted by atomic mass is 10.0. The van der Waals surface area contributed by atoms with Crippen LogP contribution < -0.4 is 5.32 Å². The molecule has 1 aliphatic heterocycles. The van der Waals surface area contributed by atoms with Crippen molar-refractivity contribution in [1.82, 2.24) is 9.88 Å². The van der Waals surface area contributed by atoms with Crippen molar-refractivity contribution in [3.8, 4) is 11.5 Å². The van der Waals surface area contributed by atoms with Gasteiger partial charge in [0.15, 0.2) is 5.58 Å². The van der Waals surface area contributed by atoms with E-state index in [0.717, 1.165) is 29.5 Å². The Morgan fingerprint density at radius 2 is 1.93 bits per heavy atom. The molecule has 6 heteroatoms. The summed E-state index contributed by atoms with van der Waals surface area (Å²) in [5, 5.41) is 2.94. The molecule has 0 aliphatic carbocycles. The molecule has 1 N–H and O–H groups in total. The predicted molar refractivity (Wildman–Crippen MR) is 108 cm³/mol. The number of likely N-dealkylation sites (tertiary alicyclic amines) is 1. The number of amides is 2. The molecule has 1 aliphatic rings. The lowest BCUT2D eigenvalue weighted by molar-refractivity contribution is -0.140. The van der Waals surface area contributed by atoms with E-state index in [2.05, 4.69) is 10.3 Å². The molecule has 3 aromatic rings. The van der Waals surface area contributed by atoms with Gasteiger partial charge in [-0.3, -0.25) is 9.59 Å². The van der Waals surface area contributed by atoms with Gasteiger partial charge in [0.2, 0.25) is 17.7 Å². The highest BCUT2D eigenvalue weighted by Crippen LogP contribution is 2.26. The summed E-state index contributed by atoms with van der Waals surface area (Å²) in [5.41, 5.74) is 3.09. The van der Waals surface area contributed by atoms with E-state index in [0.29, 0.717) is 31.0 Å². The zero-order valence-corrected chi connectivity index (χ0v) is 15.9. The summed E-state index contributed by atoms with van der Waals surface area (Å²) in [6.45, 7) is 2.48. The monoisotopic (exact) mass is 377 g/mol. The molecule has 6 nitrogen and oxygen atoms in total. The molecule has 144 valence electrons. The maximum Gasteiger partial charge on any atom is 0.247 e. The summed E-state index contributed by atoms with van der Waals surface area (Å²) in [6, 6.07) is 14.6. The smallest absolute Gasteiger partial charge is 0.247 e. The number of anilines is 1. The van der Waals surface area contributed by atoms with Crippen LogP contribution >= 0.6 is 0 Å². The second kappa shape index (κ2) is 7.84. The average molecular weight is 377 g/mol. The van der Waals surface area contributed by atoms with Crippen molar-refractivity contribution in [3.63, 3.8) is 0 Å². The quantitative estimate of drug-likeness (QED) is 0.738. The standard InChI is InChI=1S/C22H23N3O3/c1-2-20(26)25-14-6-5-8-18(25)21(27)23-16-12-10-15(11-13-16)22-24-17-7-3-4-9-19(17)28-22/h3-4,7,9-13,18H,2,5-6,8,14H2,1H3,(H,23,27)/t18-/m0/s1. The first-order valence-corrected chi connectivity index (χ1v) is 9.72. The van der Waals surface area contributed by atoms with E-state index in [1.165, 1.54) is 0 Å². The predicted octanol–water partition coefficient (Wildman–Crippen LogP) is 4.22. The average Bonchev–Trinajstić information content (AvgIpc) is 3.18. The lowest BCUT2D eigenvalue weighted by Gasteiger charge is -2.34. The molecule has 0 unspecified atom stereocenters. The van der Waals surface area contributed by atoms with Crippen molar-refractivity contribution >= 4 is 28.6 Å². The summed E-state index contributed by atoms with van der Waals surface area (Å²) in [7, 11) is 0. The number of nitrogens with one attached hydrogen (secondary N) is 1. The number of carbonyl (C=O) groups is 2. The highest BCUT2D eigenvalue weighted by atomic mass is 16.3. The molecule has 0 radical (unpaired) electrons. The van der Waals surface area contributed by atoms with Crippen molar-refractivity contribution in [2.75, 3.05) is 11.9 Å². The number of hydrogen-bond donors (Lipinski definition) is 1. The van der Waals surface area contributed by atoms with Crippen molar-refractivity contribution in [2.45, 2.75) is 38.6 Å². The van der Waals surface area contributed by atoms with Crippen LogP contribution in [-0.2, 0) is 9.59 Å². The van der Waals surface area contributed by atoms with Crippen molar-refractivity contribution in [3.05, 3.63) is 48.5 Å². The highest BCUT2D eigenvalue weighted by Gasteiger charge is 2.31. The van der Waals surface area contributed by atoms with Crippen LogP contribution in [0.2, 0.25) is 0 Å².